The van der Waals surface area contributed by atoms with Crippen molar-refractivity contribution in [2.75, 3.05) is 25.1 Å². The predicted molar refractivity (Wildman–Crippen MR) is 132 cm³/mol. The quantitative estimate of drug-likeness (QED) is 0.134. The van der Waals surface area contributed by atoms with Crippen LogP contribution in [0.1, 0.15) is 11.1 Å². The van der Waals surface area contributed by atoms with Crippen LogP contribution in [0.4, 0.5) is 34.9 Å². The van der Waals surface area contributed by atoms with Gasteiger partial charge < -0.3 is 16.8 Å². The monoisotopic (exact) mass is 519 g/mol. The molecule has 1 heterocycles. The number of nitrogens with one attached hydrogen (secondary N) is 1. The van der Waals surface area contributed by atoms with E-state index in [2.05, 4.69) is 25.3 Å². The molecule has 2 aromatic carbocycles. The van der Waals surface area contributed by atoms with Gasteiger partial charge in [0.1, 0.15) is 23.8 Å². The minimum atomic E-state index is -1.44. The fourth-order valence-corrected chi connectivity index (χ4v) is 3.17. The molecular weight excluding hydrogens is 498 g/mol. The average molecular weight is 519 g/mol. The summed E-state index contributed by atoms with van der Waals surface area (Å²) < 4.78 is 57.6. The lowest BCUT2D eigenvalue weighted by Gasteiger charge is -2.17. The Labute approximate surface area is 206 Å². The number of rotatable bonds is 8. The van der Waals surface area contributed by atoms with Crippen molar-refractivity contribution in [3.05, 3.63) is 79.6 Å². The van der Waals surface area contributed by atoms with Gasteiger partial charge in [-0.3, -0.25) is 14.6 Å². The largest absolute Gasteiger partial charge is 0.398 e. The lowest BCUT2D eigenvalue weighted by Crippen LogP contribution is -2.45. The number of halogens is 4. The maximum Gasteiger partial charge on any atom is 0.355 e. The van der Waals surface area contributed by atoms with Crippen LogP contribution in [0.3, 0.4) is 0 Å². The Bertz CT molecular complexity index is 1540. The van der Waals surface area contributed by atoms with E-state index in [-0.39, 0.29) is 17.2 Å². The molecule has 0 aliphatic carbocycles. The molecule has 0 fully saturated rings. The molecule has 0 aliphatic heterocycles. The molecule has 0 unspecified atom stereocenters. The van der Waals surface area contributed by atoms with Crippen molar-refractivity contribution in [3.63, 3.8) is 0 Å². The van der Waals surface area contributed by atoms with E-state index in [0.717, 1.165) is 17.0 Å². The van der Waals surface area contributed by atoms with Gasteiger partial charge in [0.2, 0.25) is 5.95 Å². The molecule has 3 aromatic rings. The molecule has 0 aliphatic rings. The van der Waals surface area contributed by atoms with Crippen molar-refractivity contribution in [2.24, 2.45) is 20.7 Å². The lowest BCUT2D eigenvalue weighted by atomic mass is 10.1. The number of hydrogen-bond acceptors (Lipinski definition) is 7. The van der Waals surface area contributed by atoms with Crippen molar-refractivity contribution in [1.29, 1.82) is 0 Å². The van der Waals surface area contributed by atoms with Gasteiger partial charge in [-0.05, 0) is 18.2 Å². The molecule has 3 rings (SSSR count). The van der Waals surface area contributed by atoms with Crippen molar-refractivity contribution in [3.8, 4) is 0 Å². The molecule has 0 atom stereocenters. The van der Waals surface area contributed by atoms with Crippen LogP contribution in [-0.4, -0.2) is 46.6 Å². The van der Waals surface area contributed by atoms with Gasteiger partial charge in [0.25, 0.3) is 0 Å². The van der Waals surface area contributed by atoms with Crippen LogP contribution in [0.2, 0.25) is 0 Å². The average Bonchev–Trinajstić information content (AvgIpc) is 2.84. The number of nitrogens with two attached hydrogens (primary N) is 2. The number of amidine groups is 1. The lowest BCUT2D eigenvalue weighted by molar-refractivity contribution is 0.486. The van der Waals surface area contributed by atoms with Crippen LogP contribution in [0.15, 0.2) is 48.8 Å². The van der Waals surface area contributed by atoms with Gasteiger partial charge in [0.15, 0.2) is 11.6 Å². The van der Waals surface area contributed by atoms with Gasteiger partial charge in [-0.1, -0.05) is 0 Å². The van der Waals surface area contributed by atoms with Gasteiger partial charge in [-0.15, -0.1) is 0 Å². The summed E-state index contributed by atoms with van der Waals surface area (Å²) in [5, 5.41) is 2.50. The van der Waals surface area contributed by atoms with E-state index < -0.39 is 59.2 Å². The fraction of sp³-hybridized carbons (Fsp3) is 0.182. The normalized spacial score (nSPS) is 12.1. The van der Waals surface area contributed by atoms with Crippen molar-refractivity contribution in [1.82, 2.24) is 14.1 Å². The molecule has 37 heavy (non-hydrogen) atoms. The van der Waals surface area contributed by atoms with Gasteiger partial charge in [0.05, 0.1) is 18.8 Å². The number of anilines is 3. The van der Waals surface area contributed by atoms with Crippen molar-refractivity contribution in [2.45, 2.75) is 13.1 Å². The standard InChI is InChI=1S/C22H21F4N9O2/c1-29-7-11-4-18(16(26)6-17(11)27)32-20-33-21(36)35(9-19(28)31-10-30-2)22(37)34(20)8-12-3-14(24)15(25)5-13(12)23/h3-7,10H,8-9,27H2,1-2H3,(H2,28,30,31)(H,32,33,36). The van der Waals surface area contributed by atoms with Crippen LogP contribution >= 0.6 is 0 Å². The van der Waals surface area contributed by atoms with Crippen molar-refractivity contribution >= 4 is 35.7 Å². The van der Waals surface area contributed by atoms with E-state index in [1.807, 2.05) is 0 Å². The zero-order valence-corrected chi connectivity index (χ0v) is 19.5. The highest BCUT2D eigenvalue weighted by Gasteiger charge is 2.19. The molecule has 0 saturated heterocycles. The third kappa shape index (κ3) is 6.06. The zero-order chi connectivity index (χ0) is 27.3. The number of aromatic nitrogens is 3. The molecule has 0 saturated carbocycles. The van der Waals surface area contributed by atoms with Gasteiger partial charge >= 0.3 is 11.4 Å². The SMILES string of the molecule is CN=CN=C(N)Cn1c(=O)nc(Nc2cc(C=NC)c(N)cc2F)n(Cc2cc(F)c(F)cc2F)c1=O. The minimum Gasteiger partial charge on any atom is -0.398 e. The van der Waals surface area contributed by atoms with Crippen LogP contribution in [-0.2, 0) is 13.1 Å². The Hall–Kier alpha value is -4.82. The summed E-state index contributed by atoms with van der Waals surface area (Å²) >= 11 is 0. The topological polar surface area (TPSA) is 158 Å². The highest BCUT2D eigenvalue weighted by molar-refractivity contribution is 5.89. The highest BCUT2D eigenvalue weighted by Crippen LogP contribution is 2.24. The van der Waals surface area contributed by atoms with Crippen LogP contribution in [0.5, 0.6) is 0 Å². The summed E-state index contributed by atoms with van der Waals surface area (Å²) in [5.41, 5.74) is 8.96. The van der Waals surface area contributed by atoms with E-state index in [0.29, 0.717) is 22.3 Å². The molecule has 15 heteroatoms. The first-order chi connectivity index (χ1) is 17.5. The highest BCUT2D eigenvalue weighted by atomic mass is 19.2. The zero-order valence-electron chi connectivity index (χ0n) is 19.5. The summed E-state index contributed by atoms with van der Waals surface area (Å²) in [7, 11) is 2.88. The Balaban J connectivity index is 2.20. The molecule has 0 bridgehead atoms. The van der Waals surface area contributed by atoms with E-state index in [1.165, 1.54) is 26.4 Å². The molecule has 1 aromatic heterocycles. The summed E-state index contributed by atoms with van der Waals surface area (Å²) in [5.74, 6) is -5.57. The summed E-state index contributed by atoms with van der Waals surface area (Å²) in [6.45, 7) is -1.24. The smallest absolute Gasteiger partial charge is 0.355 e. The number of hydrogen-bond donors (Lipinski definition) is 3. The van der Waals surface area contributed by atoms with Gasteiger partial charge in [-0.25, -0.2) is 36.7 Å². The second kappa shape index (κ2) is 11.3. The van der Waals surface area contributed by atoms with Crippen molar-refractivity contribution < 1.29 is 17.6 Å². The third-order valence-electron chi connectivity index (χ3n) is 4.91. The first-order valence-corrected chi connectivity index (χ1v) is 10.4. The summed E-state index contributed by atoms with van der Waals surface area (Å²) in [4.78, 5) is 40.8. The van der Waals surface area contributed by atoms with E-state index in [9.17, 15) is 27.2 Å². The first-order valence-electron chi connectivity index (χ1n) is 10.4. The second-order valence-electron chi connectivity index (χ2n) is 7.50. The van der Waals surface area contributed by atoms with Crippen LogP contribution in [0, 0.1) is 23.3 Å². The third-order valence-corrected chi connectivity index (χ3v) is 4.91. The Morgan fingerprint density at radius 3 is 2.38 bits per heavy atom. The maximum atomic E-state index is 14.7. The molecule has 0 spiro atoms. The second-order valence-corrected chi connectivity index (χ2v) is 7.50. The Morgan fingerprint density at radius 1 is 1.00 bits per heavy atom. The molecule has 194 valence electrons. The Kier molecular flexibility index (Phi) is 8.16. The number of nitrogen functional groups attached to an aromatic ring is 1. The van der Waals surface area contributed by atoms with Crippen LogP contribution < -0.4 is 28.2 Å². The number of nitrogens with zero attached hydrogens (tertiary/aromatic N) is 6. The maximum absolute atomic E-state index is 14.7. The number of aliphatic imine (C=N–C) groups is 3. The van der Waals surface area contributed by atoms with Gasteiger partial charge in [-0.2, -0.15) is 4.98 Å². The molecule has 0 amide bonds. The minimum absolute atomic E-state index is 0.0589. The van der Waals surface area contributed by atoms with E-state index in [4.69, 9.17) is 11.5 Å². The first kappa shape index (κ1) is 26.8. The summed E-state index contributed by atoms with van der Waals surface area (Å²) in [6, 6.07) is 3.07. The number of benzene rings is 2. The molecule has 0 radical (unpaired) electrons. The fourth-order valence-electron chi connectivity index (χ4n) is 3.17. The molecule has 11 nitrogen and oxygen atoms in total. The predicted octanol–water partition coefficient (Wildman–Crippen LogP) is 1.40. The van der Waals surface area contributed by atoms with Gasteiger partial charge in [0, 0.05) is 43.2 Å². The Morgan fingerprint density at radius 2 is 1.70 bits per heavy atom. The molecule has 5 N–H and O–H groups in total. The summed E-state index contributed by atoms with van der Waals surface area (Å²) in [6.07, 6.45) is 2.43. The van der Waals surface area contributed by atoms with E-state index in [1.54, 1.807) is 0 Å². The van der Waals surface area contributed by atoms with Crippen LogP contribution in [0.25, 0.3) is 0 Å². The molecular formula is C22H21F4N9O2. The van der Waals surface area contributed by atoms with E-state index >= 15 is 0 Å².